The van der Waals surface area contributed by atoms with Crippen LogP contribution in [0, 0.1) is 0 Å². The van der Waals surface area contributed by atoms with Crippen molar-refractivity contribution < 1.29 is 14.3 Å². The van der Waals surface area contributed by atoms with Crippen LogP contribution in [-0.4, -0.2) is 67.1 Å². The van der Waals surface area contributed by atoms with E-state index in [9.17, 15) is 9.59 Å². The number of rotatable bonds is 6. The lowest BCUT2D eigenvalue weighted by Crippen LogP contribution is -2.41. The number of hydrogen-bond acceptors (Lipinski definition) is 5. The van der Waals surface area contributed by atoms with Crippen LogP contribution in [0.4, 0.5) is 0 Å². The molecule has 2 heterocycles. The second kappa shape index (κ2) is 9.64. The zero-order valence-corrected chi connectivity index (χ0v) is 15.2. The quantitative estimate of drug-likeness (QED) is 0.797. The normalized spacial score (nSPS) is 19.1. The summed E-state index contributed by atoms with van der Waals surface area (Å²) in [5.41, 5.74) is 0.771. The minimum atomic E-state index is -0.245. The van der Waals surface area contributed by atoms with E-state index in [0.29, 0.717) is 12.1 Å². The van der Waals surface area contributed by atoms with Gasteiger partial charge in [0.15, 0.2) is 0 Å². The summed E-state index contributed by atoms with van der Waals surface area (Å²) < 4.78 is 5.31. The highest BCUT2D eigenvalue weighted by Gasteiger charge is 2.18. The van der Waals surface area contributed by atoms with Crippen molar-refractivity contribution in [3.8, 4) is 0 Å². The third-order valence-electron chi connectivity index (χ3n) is 5.01. The van der Waals surface area contributed by atoms with Gasteiger partial charge in [-0.05, 0) is 25.0 Å². The molecule has 1 aliphatic carbocycles. The van der Waals surface area contributed by atoms with Crippen LogP contribution in [0.2, 0.25) is 0 Å². The fourth-order valence-corrected chi connectivity index (χ4v) is 3.45. The SMILES string of the molecule is O=C(NC1CCCCC1)c1ccnc(C(=O)NCCN2CCOCC2)c1. The lowest BCUT2D eigenvalue weighted by Gasteiger charge is -2.26. The molecule has 1 saturated carbocycles. The van der Waals surface area contributed by atoms with Crippen molar-refractivity contribution in [1.29, 1.82) is 0 Å². The fourth-order valence-electron chi connectivity index (χ4n) is 3.45. The van der Waals surface area contributed by atoms with Gasteiger partial charge in [0.25, 0.3) is 11.8 Å². The first-order valence-corrected chi connectivity index (χ1v) is 9.57. The minimum absolute atomic E-state index is 0.123. The van der Waals surface area contributed by atoms with Gasteiger partial charge in [0.05, 0.1) is 13.2 Å². The van der Waals surface area contributed by atoms with Gasteiger partial charge in [0.1, 0.15) is 5.69 Å². The van der Waals surface area contributed by atoms with Gasteiger partial charge in [-0.2, -0.15) is 0 Å². The summed E-state index contributed by atoms with van der Waals surface area (Å²) >= 11 is 0. The van der Waals surface area contributed by atoms with Gasteiger partial charge in [-0.25, -0.2) is 0 Å². The van der Waals surface area contributed by atoms with Crippen LogP contribution >= 0.6 is 0 Å². The molecule has 0 aromatic carbocycles. The van der Waals surface area contributed by atoms with Gasteiger partial charge in [0, 0.05) is 44.0 Å². The third kappa shape index (κ3) is 5.51. The highest BCUT2D eigenvalue weighted by molar-refractivity contribution is 5.98. The molecule has 0 spiro atoms. The molecule has 0 unspecified atom stereocenters. The van der Waals surface area contributed by atoms with Gasteiger partial charge in [-0.15, -0.1) is 0 Å². The van der Waals surface area contributed by atoms with Crippen LogP contribution in [0.1, 0.15) is 53.0 Å². The van der Waals surface area contributed by atoms with Crippen LogP contribution < -0.4 is 10.6 Å². The molecule has 0 radical (unpaired) electrons. The third-order valence-corrected chi connectivity index (χ3v) is 5.01. The maximum Gasteiger partial charge on any atom is 0.269 e. The Balaban J connectivity index is 1.48. The Morgan fingerprint density at radius 1 is 1.15 bits per heavy atom. The summed E-state index contributed by atoms with van der Waals surface area (Å²) in [7, 11) is 0. The summed E-state index contributed by atoms with van der Waals surface area (Å²) in [6.45, 7) is 4.62. The Labute approximate surface area is 154 Å². The summed E-state index contributed by atoms with van der Waals surface area (Å²) in [5.74, 6) is -0.368. The highest BCUT2D eigenvalue weighted by atomic mass is 16.5. The number of amides is 2. The Kier molecular flexibility index (Phi) is 6.96. The number of aromatic nitrogens is 1. The van der Waals surface area contributed by atoms with E-state index in [0.717, 1.165) is 58.5 Å². The smallest absolute Gasteiger partial charge is 0.269 e. The molecule has 1 saturated heterocycles. The average Bonchev–Trinajstić information content (AvgIpc) is 2.69. The molecule has 26 heavy (non-hydrogen) atoms. The Bertz CT molecular complexity index is 611. The largest absolute Gasteiger partial charge is 0.379 e. The van der Waals surface area contributed by atoms with Crippen molar-refractivity contribution in [2.75, 3.05) is 39.4 Å². The number of carbonyl (C=O) groups excluding carboxylic acids is 2. The van der Waals surface area contributed by atoms with Crippen molar-refractivity contribution in [1.82, 2.24) is 20.5 Å². The molecule has 0 atom stereocenters. The minimum Gasteiger partial charge on any atom is -0.379 e. The summed E-state index contributed by atoms with van der Waals surface area (Å²) in [4.78, 5) is 31.1. The van der Waals surface area contributed by atoms with E-state index in [1.807, 2.05) is 0 Å². The molecule has 1 aliphatic heterocycles. The molecule has 2 aliphatic rings. The number of nitrogens with one attached hydrogen (secondary N) is 2. The van der Waals surface area contributed by atoms with Crippen molar-refractivity contribution in [2.45, 2.75) is 38.1 Å². The first kappa shape index (κ1) is 18.8. The van der Waals surface area contributed by atoms with E-state index in [4.69, 9.17) is 4.74 Å². The standard InChI is InChI=1S/C19H28N4O3/c24-18(22-16-4-2-1-3-5-16)15-6-7-20-17(14-15)19(25)21-8-9-23-10-12-26-13-11-23/h6-7,14,16H,1-5,8-13H2,(H,21,25)(H,22,24). The van der Waals surface area contributed by atoms with Gasteiger partial charge in [-0.3, -0.25) is 19.5 Å². The van der Waals surface area contributed by atoms with Crippen LogP contribution in [0.25, 0.3) is 0 Å². The van der Waals surface area contributed by atoms with E-state index in [1.165, 1.54) is 12.6 Å². The summed E-state index contributed by atoms with van der Waals surface area (Å²) in [5, 5.41) is 5.95. The Hall–Kier alpha value is -1.99. The highest BCUT2D eigenvalue weighted by Crippen LogP contribution is 2.17. The molecule has 142 valence electrons. The van der Waals surface area contributed by atoms with Crippen LogP contribution in [0.15, 0.2) is 18.3 Å². The molecule has 7 nitrogen and oxygen atoms in total. The molecular weight excluding hydrogens is 332 g/mol. The van der Waals surface area contributed by atoms with Gasteiger partial charge >= 0.3 is 0 Å². The van der Waals surface area contributed by atoms with Crippen molar-refractivity contribution in [3.05, 3.63) is 29.6 Å². The monoisotopic (exact) mass is 360 g/mol. The molecule has 2 amide bonds. The molecule has 2 fully saturated rings. The molecule has 0 bridgehead atoms. The van der Waals surface area contributed by atoms with Gasteiger partial charge in [0.2, 0.25) is 0 Å². The fraction of sp³-hybridized carbons (Fsp3) is 0.632. The first-order valence-electron chi connectivity index (χ1n) is 9.57. The molecule has 7 heteroatoms. The zero-order chi connectivity index (χ0) is 18.2. The van der Waals surface area contributed by atoms with E-state index >= 15 is 0 Å². The molecular formula is C19H28N4O3. The Morgan fingerprint density at radius 3 is 2.69 bits per heavy atom. The molecule has 2 N–H and O–H groups in total. The van der Waals surface area contributed by atoms with E-state index in [1.54, 1.807) is 12.1 Å². The van der Waals surface area contributed by atoms with E-state index in [2.05, 4.69) is 20.5 Å². The van der Waals surface area contributed by atoms with Crippen molar-refractivity contribution in [2.24, 2.45) is 0 Å². The lowest BCUT2D eigenvalue weighted by atomic mass is 9.95. The summed E-state index contributed by atoms with van der Waals surface area (Å²) in [6, 6.07) is 3.47. The van der Waals surface area contributed by atoms with Gasteiger partial charge in [-0.1, -0.05) is 19.3 Å². The number of ether oxygens (including phenoxy) is 1. The number of pyridine rings is 1. The number of carbonyl (C=O) groups is 2. The maximum absolute atomic E-state index is 12.4. The van der Waals surface area contributed by atoms with Crippen LogP contribution in [0.3, 0.4) is 0 Å². The van der Waals surface area contributed by atoms with E-state index < -0.39 is 0 Å². The maximum atomic E-state index is 12.4. The first-order chi connectivity index (χ1) is 12.7. The zero-order valence-electron chi connectivity index (χ0n) is 15.2. The predicted molar refractivity (Wildman–Crippen MR) is 98.2 cm³/mol. The number of nitrogens with zero attached hydrogens (tertiary/aromatic N) is 2. The second-order valence-electron chi connectivity index (χ2n) is 6.95. The lowest BCUT2D eigenvalue weighted by molar-refractivity contribution is 0.0383. The number of morpholine rings is 1. The van der Waals surface area contributed by atoms with Crippen molar-refractivity contribution >= 4 is 11.8 Å². The van der Waals surface area contributed by atoms with Crippen LogP contribution in [0.5, 0.6) is 0 Å². The average molecular weight is 360 g/mol. The van der Waals surface area contributed by atoms with Crippen molar-refractivity contribution in [3.63, 3.8) is 0 Å². The number of hydrogen-bond donors (Lipinski definition) is 2. The Morgan fingerprint density at radius 2 is 1.92 bits per heavy atom. The topological polar surface area (TPSA) is 83.6 Å². The van der Waals surface area contributed by atoms with E-state index in [-0.39, 0.29) is 23.6 Å². The molecule has 3 rings (SSSR count). The van der Waals surface area contributed by atoms with Gasteiger partial charge < -0.3 is 15.4 Å². The molecule has 1 aromatic rings. The second-order valence-corrected chi connectivity index (χ2v) is 6.95. The van der Waals surface area contributed by atoms with Crippen LogP contribution in [-0.2, 0) is 4.74 Å². The summed E-state index contributed by atoms with van der Waals surface area (Å²) in [6.07, 6.45) is 7.16. The predicted octanol–water partition coefficient (Wildman–Crippen LogP) is 1.21. The molecule has 1 aromatic heterocycles.